The Balaban J connectivity index is 1.52. The number of furan rings is 1. The molecule has 10 heteroatoms. The van der Waals surface area contributed by atoms with Crippen LogP contribution < -0.4 is 10.2 Å². The van der Waals surface area contributed by atoms with E-state index < -0.39 is 10.8 Å². The smallest absolute Gasteiger partial charge is 0.270 e. The summed E-state index contributed by atoms with van der Waals surface area (Å²) < 4.78 is 6.13. The normalized spacial score (nSPS) is 14.0. The van der Waals surface area contributed by atoms with E-state index in [9.17, 15) is 20.2 Å². The number of carbonyl (C=O) groups is 1. The van der Waals surface area contributed by atoms with E-state index in [4.69, 9.17) is 16.0 Å². The molecule has 2 heterocycles. The number of anilines is 2. The second kappa shape index (κ2) is 10.9. The summed E-state index contributed by atoms with van der Waals surface area (Å²) in [7, 11) is 0. The number of non-ortho nitro benzene ring substituents is 1. The van der Waals surface area contributed by atoms with Gasteiger partial charge in [-0.25, -0.2) is 0 Å². The minimum Gasteiger partial charge on any atom is -0.454 e. The summed E-state index contributed by atoms with van der Waals surface area (Å²) in [5, 5.41) is 26.3. The van der Waals surface area contributed by atoms with Gasteiger partial charge in [0.15, 0.2) is 5.76 Å². The lowest BCUT2D eigenvalue weighted by Crippen LogP contribution is -2.22. The van der Waals surface area contributed by atoms with Gasteiger partial charge in [0.1, 0.15) is 22.4 Å². The van der Waals surface area contributed by atoms with Crippen molar-refractivity contribution in [2.75, 3.05) is 10.2 Å². The average molecular weight is 555 g/mol. The molecule has 8 nitrogen and oxygen atoms in total. The monoisotopic (exact) mass is 554 g/mol. The van der Waals surface area contributed by atoms with Crippen molar-refractivity contribution in [2.24, 2.45) is 0 Å². The highest BCUT2D eigenvalue weighted by molar-refractivity contribution is 8.06. The van der Waals surface area contributed by atoms with Crippen LogP contribution in [0.2, 0.25) is 5.02 Å². The van der Waals surface area contributed by atoms with E-state index in [2.05, 4.69) is 11.4 Å². The zero-order chi connectivity index (χ0) is 27.5. The van der Waals surface area contributed by atoms with E-state index in [-0.39, 0.29) is 16.3 Å². The van der Waals surface area contributed by atoms with Crippen LogP contribution in [0.15, 0.2) is 105 Å². The van der Waals surface area contributed by atoms with Crippen LogP contribution in [0.25, 0.3) is 17.0 Å². The number of hydrogen-bond donors (Lipinski definition) is 1. The van der Waals surface area contributed by atoms with Gasteiger partial charge in [-0.15, -0.1) is 0 Å². The maximum Gasteiger partial charge on any atom is 0.270 e. The maximum absolute atomic E-state index is 13.2. The van der Waals surface area contributed by atoms with E-state index in [1.807, 2.05) is 49.4 Å². The quantitative estimate of drug-likeness (QED) is 0.112. The summed E-state index contributed by atoms with van der Waals surface area (Å²) in [4.78, 5) is 25.5. The van der Waals surface area contributed by atoms with Crippen LogP contribution in [0, 0.1) is 28.4 Å². The standard InChI is InChI=1S/C29H19ClN4O4S/c1-18-7-9-19(10-8-18)32-28(35)23(16-31)29-33(20-5-3-2-4-6-20)25(17-39-29)27-14-13-26(38-27)22-12-11-21(34(36)37)15-24(22)30/h2-15,17H,1H3,(H,32,35)/b29-23-. The summed E-state index contributed by atoms with van der Waals surface area (Å²) >= 11 is 7.55. The Labute approximate surface area is 233 Å². The second-order valence-electron chi connectivity index (χ2n) is 8.49. The van der Waals surface area contributed by atoms with Gasteiger partial charge in [0.05, 0.1) is 15.6 Å². The van der Waals surface area contributed by atoms with Crippen molar-refractivity contribution in [3.63, 3.8) is 0 Å². The van der Waals surface area contributed by atoms with E-state index in [1.165, 1.54) is 30.0 Å². The van der Waals surface area contributed by atoms with Gasteiger partial charge in [0, 0.05) is 34.5 Å². The Morgan fingerprint density at radius 3 is 2.44 bits per heavy atom. The summed E-state index contributed by atoms with van der Waals surface area (Å²) in [6, 6.07) is 26.3. The second-order valence-corrected chi connectivity index (χ2v) is 9.75. The maximum atomic E-state index is 13.2. The Bertz CT molecular complexity index is 1690. The molecule has 1 aliphatic rings. The lowest BCUT2D eigenvalue weighted by atomic mass is 10.1. The highest BCUT2D eigenvalue weighted by atomic mass is 35.5. The van der Waals surface area contributed by atoms with Crippen molar-refractivity contribution in [1.82, 2.24) is 0 Å². The molecule has 0 atom stereocenters. The molecular weight excluding hydrogens is 536 g/mol. The zero-order valence-corrected chi connectivity index (χ0v) is 22.0. The van der Waals surface area contributed by atoms with Gasteiger partial charge >= 0.3 is 0 Å². The summed E-state index contributed by atoms with van der Waals surface area (Å²) in [6.45, 7) is 1.95. The van der Waals surface area contributed by atoms with Crippen molar-refractivity contribution < 1.29 is 14.1 Å². The van der Waals surface area contributed by atoms with Crippen LogP contribution >= 0.6 is 23.4 Å². The van der Waals surface area contributed by atoms with Crippen molar-refractivity contribution in [3.8, 4) is 17.4 Å². The Kier molecular flexibility index (Phi) is 7.23. The summed E-state index contributed by atoms with van der Waals surface area (Å²) in [5.74, 6) is 0.345. The molecule has 0 radical (unpaired) electrons. The first-order chi connectivity index (χ1) is 18.9. The van der Waals surface area contributed by atoms with E-state index in [1.54, 1.807) is 34.6 Å². The fraction of sp³-hybridized carbons (Fsp3) is 0.0345. The van der Waals surface area contributed by atoms with Gasteiger partial charge in [0.25, 0.3) is 11.6 Å². The van der Waals surface area contributed by atoms with Gasteiger partial charge in [0.2, 0.25) is 0 Å². The Hall–Kier alpha value is -4.78. The minimum absolute atomic E-state index is 0.0547. The molecule has 1 amide bonds. The number of hydrogen-bond acceptors (Lipinski definition) is 7. The van der Waals surface area contributed by atoms with Crippen molar-refractivity contribution in [2.45, 2.75) is 6.92 Å². The number of thioether (sulfide) groups is 1. The SMILES string of the molecule is Cc1ccc(NC(=O)/C(C#N)=C2\SC=C(c3ccc(-c4ccc([N+](=O)[O-])cc4Cl)o3)N2c2ccccc2)cc1. The number of nitrogens with zero attached hydrogens (tertiary/aromatic N) is 3. The van der Waals surface area contributed by atoms with Crippen LogP contribution in [0.3, 0.4) is 0 Å². The van der Waals surface area contributed by atoms with Crippen molar-refractivity contribution in [1.29, 1.82) is 5.26 Å². The van der Waals surface area contributed by atoms with Gasteiger partial charge in [-0.1, -0.05) is 59.3 Å². The molecule has 1 aromatic heterocycles. The zero-order valence-electron chi connectivity index (χ0n) is 20.4. The molecule has 4 aromatic rings. The average Bonchev–Trinajstić information content (AvgIpc) is 3.59. The number of amides is 1. The predicted molar refractivity (Wildman–Crippen MR) is 153 cm³/mol. The highest BCUT2D eigenvalue weighted by Gasteiger charge is 2.31. The number of nitrogens with one attached hydrogen (secondary N) is 1. The van der Waals surface area contributed by atoms with Gasteiger partial charge in [-0.05, 0) is 49.4 Å². The van der Waals surface area contributed by atoms with E-state index in [0.717, 1.165) is 11.3 Å². The number of benzene rings is 3. The summed E-state index contributed by atoms with van der Waals surface area (Å²) in [6.07, 6.45) is 0. The number of carbonyl (C=O) groups excluding carboxylic acids is 1. The van der Waals surface area contributed by atoms with Crippen LogP contribution in [0.1, 0.15) is 11.3 Å². The fourth-order valence-corrected chi connectivity index (χ4v) is 5.24. The number of nitriles is 1. The first kappa shape index (κ1) is 25.9. The number of nitro groups is 1. The fourth-order valence-electron chi connectivity index (χ4n) is 3.96. The van der Waals surface area contributed by atoms with Crippen LogP contribution in [-0.4, -0.2) is 10.8 Å². The molecule has 192 valence electrons. The van der Waals surface area contributed by atoms with Crippen molar-refractivity contribution in [3.05, 3.63) is 127 Å². The summed E-state index contributed by atoms with van der Waals surface area (Å²) in [5.41, 5.74) is 3.29. The predicted octanol–water partition coefficient (Wildman–Crippen LogP) is 7.74. The molecule has 1 aliphatic heterocycles. The molecule has 1 N–H and O–H groups in total. The largest absolute Gasteiger partial charge is 0.454 e. The number of rotatable bonds is 6. The molecule has 5 rings (SSSR count). The first-order valence-corrected chi connectivity index (χ1v) is 12.9. The van der Waals surface area contributed by atoms with Gasteiger partial charge in [-0.2, -0.15) is 5.26 Å². The molecule has 0 aliphatic carbocycles. The van der Waals surface area contributed by atoms with Crippen LogP contribution in [0.5, 0.6) is 0 Å². The number of nitro benzene ring substituents is 1. The molecular formula is C29H19ClN4O4S. The lowest BCUT2D eigenvalue weighted by molar-refractivity contribution is -0.384. The first-order valence-electron chi connectivity index (χ1n) is 11.6. The third-order valence-corrected chi connectivity index (χ3v) is 7.15. The molecule has 0 bridgehead atoms. The number of aryl methyl sites for hydroxylation is 1. The molecule has 0 unspecified atom stereocenters. The van der Waals surface area contributed by atoms with E-state index in [0.29, 0.717) is 33.5 Å². The number of para-hydroxylation sites is 1. The Morgan fingerprint density at radius 1 is 1.05 bits per heavy atom. The highest BCUT2D eigenvalue weighted by Crippen LogP contribution is 2.45. The van der Waals surface area contributed by atoms with Gasteiger partial charge in [-0.3, -0.25) is 19.8 Å². The molecule has 0 saturated carbocycles. The van der Waals surface area contributed by atoms with Gasteiger partial charge < -0.3 is 9.73 Å². The lowest BCUT2D eigenvalue weighted by Gasteiger charge is -2.23. The third-order valence-electron chi connectivity index (χ3n) is 5.89. The van der Waals surface area contributed by atoms with Crippen LogP contribution in [-0.2, 0) is 4.79 Å². The minimum atomic E-state index is -0.530. The van der Waals surface area contributed by atoms with Crippen LogP contribution in [0.4, 0.5) is 17.1 Å². The molecule has 0 fully saturated rings. The number of halogens is 1. The topological polar surface area (TPSA) is 112 Å². The molecule has 0 spiro atoms. The molecule has 0 saturated heterocycles. The third kappa shape index (κ3) is 5.29. The van der Waals surface area contributed by atoms with E-state index >= 15 is 0 Å². The Morgan fingerprint density at radius 2 is 1.77 bits per heavy atom. The molecule has 3 aromatic carbocycles. The van der Waals surface area contributed by atoms with Crippen molar-refractivity contribution >= 4 is 52.0 Å². The molecule has 39 heavy (non-hydrogen) atoms.